The Morgan fingerprint density at radius 1 is 0.917 bits per heavy atom. The van der Waals surface area contributed by atoms with Gasteiger partial charge in [-0.2, -0.15) is 10.2 Å². The molecule has 1 fully saturated rings. The van der Waals surface area contributed by atoms with Crippen LogP contribution in [-0.4, -0.2) is 38.0 Å². The first-order chi connectivity index (χ1) is 17.3. The number of halogens is 2. The number of sulfonamides is 1. The molecule has 6 rings (SSSR count). The van der Waals surface area contributed by atoms with E-state index in [0.717, 1.165) is 28.8 Å². The van der Waals surface area contributed by atoms with E-state index in [9.17, 15) is 17.2 Å². The molecule has 1 saturated carbocycles. The highest BCUT2D eigenvalue weighted by Crippen LogP contribution is 2.34. The van der Waals surface area contributed by atoms with Crippen LogP contribution in [0.25, 0.3) is 39.0 Å². The van der Waals surface area contributed by atoms with Crippen LogP contribution in [0.15, 0.2) is 67.3 Å². The van der Waals surface area contributed by atoms with Gasteiger partial charge in [0.25, 0.3) is 0 Å². The van der Waals surface area contributed by atoms with Crippen LogP contribution in [0.1, 0.15) is 12.8 Å². The number of anilines is 1. The van der Waals surface area contributed by atoms with Gasteiger partial charge >= 0.3 is 0 Å². The van der Waals surface area contributed by atoms with Crippen LogP contribution in [-0.2, 0) is 17.1 Å². The van der Waals surface area contributed by atoms with Crippen molar-refractivity contribution in [3.05, 3.63) is 78.9 Å². The summed E-state index contributed by atoms with van der Waals surface area (Å²) in [6.07, 6.45) is 8.30. The molecule has 4 aromatic heterocycles. The lowest BCUT2D eigenvalue weighted by Gasteiger charge is -2.12. The molecule has 5 aromatic rings. The summed E-state index contributed by atoms with van der Waals surface area (Å²) >= 11 is 0. The van der Waals surface area contributed by atoms with Gasteiger partial charge in [-0.15, -0.1) is 0 Å². The standard InChI is InChI=1S/C25H20F2N6O2S/c1-32-13-17(11-28-32)15-2-7-24-21(12-29-33(24)14-15)23-8-16(20-6-3-18(26)10-22(20)27)9-25(30-23)31-36(34,35)19-4-5-19/h2-3,6-14,19H,4-5H2,1H3,(H,30,31). The lowest BCUT2D eigenvalue weighted by atomic mass is 10.0. The fourth-order valence-electron chi connectivity index (χ4n) is 4.13. The summed E-state index contributed by atoms with van der Waals surface area (Å²) < 4.78 is 59.3. The van der Waals surface area contributed by atoms with Crippen molar-refractivity contribution in [2.24, 2.45) is 7.05 Å². The van der Waals surface area contributed by atoms with Gasteiger partial charge in [-0.25, -0.2) is 26.7 Å². The van der Waals surface area contributed by atoms with Crippen molar-refractivity contribution >= 4 is 21.4 Å². The molecular formula is C25H20F2N6O2S. The van der Waals surface area contributed by atoms with E-state index < -0.39 is 26.9 Å². The number of rotatable bonds is 6. The van der Waals surface area contributed by atoms with Gasteiger partial charge in [0, 0.05) is 47.8 Å². The quantitative estimate of drug-likeness (QED) is 0.362. The molecule has 1 N–H and O–H groups in total. The Bertz CT molecular complexity index is 1740. The first-order valence-corrected chi connectivity index (χ1v) is 12.8. The zero-order chi connectivity index (χ0) is 25.0. The number of aryl methyl sites for hydroxylation is 1. The average Bonchev–Trinajstić information content (AvgIpc) is 3.49. The molecule has 1 aliphatic carbocycles. The van der Waals surface area contributed by atoms with Crippen LogP contribution in [0.5, 0.6) is 0 Å². The number of aromatic nitrogens is 5. The molecule has 0 amide bonds. The van der Waals surface area contributed by atoms with Crippen LogP contribution in [0, 0.1) is 11.6 Å². The number of benzene rings is 1. The maximum absolute atomic E-state index is 14.7. The second kappa shape index (κ2) is 8.23. The lowest BCUT2D eigenvalue weighted by Crippen LogP contribution is -2.18. The smallest absolute Gasteiger partial charge is 0.236 e. The van der Waals surface area contributed by atoms with E-state index in [2.05, 4.69) is 19.9 Å². The second-order valence-electron chi connectivity index (χ2n) is 8.81. The van der Waals surface area contributed by atoms with Crippen LogP contribution in [0.2, 0.25) is 0 Å². The molecule has 0 radical (unpaired) electrons. The van der Waals surface area contributed by atoms with Gasteiger partial charge in [0.2, 0.25) is 10.0 Å². The van der Waals surface area contributed by atoms with Gasteiger partial charge in [0.05, 0.1) is 28.9 Å². The molecule has 4 heterocycles. The van der Waals surface area contributed by atoms with Crippen molar-refractivity contribution < 1.29 is 17.2 Å². The molecule has 1 aromatic carbocycles. The van der Waals surface area contributed by atoms with E-state index in [1.54, 1.807) is 27.7 Å². The first kappa shape index (κ1) is 22.4. The van der Waals surface area contributed by atoms with Gasteiger partial charge in [-0.1, -0.05) is 6.07 Å². The maximum Gasteiger partial charge on any atom is 0.236 e. The molecule has 0 aliphatic heterocycles. The summed E-state index contributed by atoms with van der Waals surface area (Å²) in [6, 6.07) is 10.2. The zero-order valence-electron chi connectivity index (χ0n) is 19.1. The van der Waals surface area contributed by atoms with Crippen molar-refractivity contribution in [3.8, 4) is 33.5 Å². The second-order valence-corrected chi connectivity index (χ2v) is 10.8. The van der Waals surface area contributed by atoms with Crippen LogP contribution >= 0.6 is 0 Å². The molecule has 0 unspecified atom stereocenters. The number of hydrogen-bond acceptors (Lipinski definition) is 5. The highest BCUT2D eigenvalue weighted by Gasteiger charge is 2.36. The van der Waals surface area contributed by atoms with Crippen molar-refractivity contribution in [1.29, 1.82) is 0 Å². The number of hydrogen-bond donors (Lipinski definition) is 1. The normalized spacial score (nSPS) is 13.9. The Hall–Kier alpha value is -4.12. The van der Waals surface area contributed by atoms with Crippen molar-refractivity contribution in [2.45, 2.75) is 18.1 Å². The zero-order valence-corrected chi connectivity index (χ0v) is 19.9. The van der Waals surface area contributed by atoms with E-state index in [-0.39, 0.29) is 11.4 Å². The fraction of sp³-hybridized carbons (Fsp3) is 0.160. The van der Waals surface area contributed by atoms with E-state index >= 15 is 0 Å². The molecule has 0 atom stereocenters. The minimum absolute atomic E-state index is 0.0597. The van der Waals surface area contributed by atoms with Crippen LogP contribution in [0.3, 0.4) is 0 Å². The van der Waals surface area contributed by atoms with E-state index in [1.807, 2.05) is 31.6 Å². The lowest BCUT2D eigenvalue weighted by molar-refractivity contribution is 0.585. The minimum Gasteiger partial charge on any atom is -0.275 e. The average molecular weight is 507 g/mol. The number of nitrogens with one attached hydrogen (secondary N) is 1. The number of nitrogens with zero attached hydrogens (tertiary/aromatic N) is 5. The molecule has 0 saturated heterocycles. The third-order valence-electron chi connectivity index (χ3n) is 6.11. The molecule has 0 bridgehead atoms. The van der Waals surface area contributed by atoms with Crippen LogP contribution in [0.4, 0.5) is 14.6 Å². The number of pyridine rings is 2. The maximum atomic E-state index is 14.7. The topological polar surface area (TPSA) is 94.2 Å². The van der Waals surface area contributed by atoms with Gasteiger partial charge in [0.1, 0.15) is 17.5 Å². The van der Waals surface area contributed by atoms with E-state index in [4.69, 9.17) is 0 Å². The highest BCUT2D eigenvalue weighted by atomic mass is 32.2. The summed E-state index contributed by atoms with van der Waals surface area (Å²) in [7, 11) is -1.77. The predicted octanol–water partition coefficient (Wildman–Crippen LogP) is 4.65. The minimum atomic E-state index is -3.61. The molecule has 0 spiro atoms. The summed E-state index contributed by atoms with van der Waals surface area (Å²) in [5.41, 5.74) is 4.08. The Labute approximate surface area is 205 Å². The van der Waals surface area contributed by atoms with Crippen molar-refractivity contribution in [3.63, 3.8) is 0 Å². The monoisotopic (exact) mass is 506 g/mol. The van der Waals surface area contributed by atoms with Gasteiger partial charge in [-0.3, -0.25) is 9.40 Å². The molecule has 8 nitrogen and oxygen atoms in total. The predicted molar refractivity (Wildman–Crippen MR) is 132 cm³/mol. The largest absolute Gasteiger partial charge is 0.275 e. The molecule has 182 valence electrons. The van der Waals surface area contributed by atoms with E-state index in [0.29, 0.717) is 29.7 Å². The molecule has 1 aliphatic rings. The third-order valence-corrected chi connectivity index (χ3v) is 7.95. The number of fused-ring (bicyclic) bond motifs is 1. The third kappa shape index (κ3) is 4.11. The fourth-order valence-corrected chi connectivity index (χ4v) is 5.45. The van der Waals surface area contributed by atoms with Gasteiger partial charge < -0.3 is 0 Å². The summed E-state index contributed by atoms with van der Waals surface area (Å²) in [4.78, 5) is 4.52. The summed E-state index contributed by atoms with van der Waals surface area (Å²) in [5, 5.41) is 8.19. The Morgan fingerprint density at radius 2 is 1.75 bits per heavy atom. The molecular weight excluding hydrogens is 486 g/mol. The Morgan fingerprint density at radius 3 is 2.47 bits per heavy atom. The summed E-state index contributed by atoms with van der Waals surface area (Å²) in [6.45, 7) is 0. The Kier molecular flexibility index (Phi) is 5.11. The van der Waals surface area contributed by atoms with Crippen LogP contribution < -0.4 is 4.72 Å². The van der Waals surface area contributed by atoms with Gasteiger partial charge in [-0.05, 0) is 48.7 Å². The summed E-state index contributed by atoms with van der Waals surface area (Å²) in [5.74, 6) is -1.40. The Balaban J connectivity index is 1.47. The van der Waals surface area contributed by atoms with Gasteiger partial charge in [0.15, 0.2) is 0 Å². The first-order valence-electron chi connectivity index (χ1n) is 11.2. The van der Waals surface area contributed by atoms with Crippen molar-refractivity contribution in [2.75, 3.05) is 4.72 Å². The molecule has 11 heteroatoms. The highest BCUT2D eigenvalue weighted by molar-refractivity contribution is 7.93. The van der Waals surface area contributed by atoms with Crippen molar-refractivity contribution in [1.82, 2.24) is 24.4 Å². The van der Waals surface area contributed by atoms with E-state index in [1.165, 1.54) is 12.1 Å². The molecule has 36 heavy (non-hydrogen) atoms. The SMILES string of the molecule is Cn1cc(-c2ccc3c(-c4cc(-c5ccc(F)cc5F)cc(NS(=O)(=O)C5CC5)n4)cnn3c2)cn1.